The normalized spacial score (nSPS) is 16.1. The van der Waals surface area contributed by atoms with Crippen LogP contribution in [-0.4, -0.2) is 13.1 Å². The standard InChI is InChI=1S/C17H16F3N/c18-15-6-12(11-1-3-21-4-2-11)5-13(7-15)14-8-16(19)10-17(20)9-14/h5-11,21H,1-4H2. The Labute approximate surface area is 121 Å². The summed E-state index contributed by atoms with van der Waals surface area (Å²) in [5.41, 5.74) is 1.78. The summed E-state index contributed by atoms with van der Waals surface area (Å²) < 4.78 is 40.5. The third-order valence-corrected chi connectivity index (χ3v) is 3.93. The fourth-order valence-electron chi connectivity index (χ4n) is 2.89. The summed E-state index contributed by atoms with van der Waals surface area (Å²) in [5, 5.41) is 3.27. The van der Waals surface area contributed by atoms with Crippen LogP contribution in [0, 0.1) is 17.5 Å². The zero-order valence-electron chi connectivity index (χ0n) is 11.5. The van der Waals surface area contributed by atoms with Crippen LogP contribution in [0.25, 0.3) is 11.1 Å². The summed E-state index contributed by atoms with van der Waals surface area (Å²) in [6.45, 7) is 1.82. The molecule has 21 heavy (non-hydrogen) atoms. The van der Waals surface area contributed by atoms with Crippen molar-refractivity contribution in [2.24, 2.45) is 0 Å². The summed E-state index contributed by atoms with van der Waals surface area (Å²) in [6, 6.07) is 7.95. The predicted molar refractivity (Wildman–Crippen MR) is 76.6 cm³/mol. The molecule has 1 aliphatic heterocycles. The Morgan fingerprint density at radius 3 is 1.86 bits per heavy atom. The number of benzene rings is 2. The molecule has 0 amide bonds. The van der Waals surface area contributed by atoms with E-state index in [2.05, 4.69) is 5.32 Å². The van der Waals surface area contributed by atoms with E-state index in [1.54, 1.807) is 0 Å². The van der Waals surface area contributed by atoms with Crippen molar-refractivity contribution in [2.75, 3.05) is 13.1 Å². The lowest BCUT2D eigenvalue weighted by atomic mass is 9.88. The molecule has 0 aromatic heterocycles. The predicted octanol–water partition coefficient (Wildman–Crippen LogP) is 4.24. The molecule has 0 saturated carbocycles. The number of hydrogen-bond donors (Lipinski definition) is 1. The monoisotopic (exact) mass is 291 g/mol. The zero-order valence-corrected chi connectivity index (χ0v) is 11.5. The Morgan fingerprint density at radius 1 is 0.714 bits per heavy atom. The van der Waals surface area contributed by atoms with E-state index in [1.165, 1.54) is 24.3 Å². The van der Waals surface area contributed by atoms with Crippen LogP contribution in [0.15, 0.2) is 36.4 Å². The van der Waals surface area contributed by atoms with Crippen LogP contribution < -0.4 is 5.32 Å². The first-order valence-electron chi connectivity index (χ1n) is 7.09. The van der Waals surface area contributed by atoms with Gasteiger partial charge in [0.15, 0.2) is 0 Å². The number of halogens is 3. The molecule has 0 bridgehead atoms. The summed E-state index contributed by atoms with van der Waals surface area (Å²) in [4.78, 5) is 0. The summed E-state index contributed by atoms with van der Waals surface area (Å²) in [5.74, 6) is -1.39. The minimum Gasteiger partial charge on any atom is -0.317 e. The van der Waals surface area contributed by atoms with Crippen molar-refractivity contribution in [3.8, 4) is 11.1 Å². The van der Waals surface area contributed by atoms with Gasteiger partial charge in [0.05, 0.1) is 0 Å². The van der Waals surface area contributed by atoms with Gasteiger partial charge in [0.25, 0.3) is 0 Å². The number of piperidine rings is 1. The Kier molecular flexibility index (Phi) is 3.97. The van der Waals surface area contributed by atoms with E-state index in [-0.39, 0.29) is 5.82 Å². The molecule has 2 aromatic rings. The van der Waals surface area contributed by atoms with Crippen LogP contribution in [0.1, 0.15) is 24.3 Å². The van der Waals surface area contributed by atoms with E-state index in [4.69, 9.17) is 0 Å². The van der Waals surface area contributed by atoms with E-state index in [9.17, 15) is 13.2 Å². The Balaban J connectivity index is 2.00. The average Bonchev–Trinajstić information content (AvgIpc) is 2.46. The van der Waals surface area contributed by atoms with E-state index < -0.39 is 11.6 Å². The van der Waals surface area contributed by atoms with Gasteiger partial charge in [-0.1, -0.05) is 6.07 Å². The Morgan fingerprint density at radius 2 is 1.24 bits per heavy atom. The highest BCUT2D eigenvalue weighted by Crippen LogP contribution is 2.30. The molecule has 0 atom stereocenters. The molecule has 0 unspecified atom stereocenters. The Hall–Kier alpha value is -1.81. The highest BCUT2D eigenvalue weighted by Gasteiger charge is 2.17. The minimum atomic E-state index is -0.655. The lowest BCUT2D eigenvalue weighted by Crippen LogP contribution is -2.26. The van der Waals surface area contributed by atoms with Crippen LogP contribution in [-0.2, 0) is 0 Å². The molecule has 1 aliphatic rings. The van der Waals surface area contributed by atoms with E-state index in [0.29, 0.717) is 17.0 Å². The number of rotatable bonds is 2. The van der Waals surface area contributed by atoms with Crippen LogP contribution in [0.5, 0.6) is 0 Å². The maximum atomic E-state index is 13.9. The molecular weight excluding hydrogens is 275 g/mol. The second-order valence-corrected chi connectivity index (χ2v) is 5.46. The molecule has 1 N–H and O–H groups in total. The van der Waals surface area contributed by atoms with Gasteiger partial charge in [0, 0.05) is 6.07 Å². The van der Waals surface area contributed by atoms with Crippen molar-refractivity contribution in [1.82, 2.24) is 5.32 Å². The number of hydrogen-bond acceptors (Lipinski definition) is 1. The quantitative estimate of drug-likeness (QED) is 0.872. The van der Waals surface area contributed by atoms with Crippen molar-refractivity contribution in [3.63, 3.8) is 0 Å². The van der Waals surface area contributed by atoms with Crippen molar-refractivity contribution in [2.45, 2.75) is 18.8 Å². The van der Waals surface area contributed by atoms with Crippen LogP contribution in [0.3, 0.4) is 0 Å². The maximum Gasteiger partial charge on any atom is 0.126 e. The molecule has 1 saturated heterocycles. The molecule has 3 rings (SSSR count). The van der Waals surface area contributed by atoms with Gasteiger partial charge in [0.2, 0.25) is 0 Å². The first kappa shape index (κ1) is 14.1. The lowest BCUT2D eigenvalue weighted by Gasteiger charge is -2.23. The molecule has 110 valence electrons. The third-order valence-electron chi connectivity index (χ3n) is 3.93. The largest absolute Gasteiger partial charge is 0.317 e. The highest BCUT2D eigenvalue weighted by molar-refractivity contribution is 5.64. The van der Waals surface area contributed by atoms with Crippen LogP contribution in [0.2, 0.25) is 0 Å². The summed E-state index contributed by atoms with van der Waals surface area (Å²) >= 11 is 0. The molecule has 1 fully saturated rings. The fraction of sp³-hybridized carbons (Fsp3) is 0.294. The third kappa shape index (κ3) is 3.27. The van der Waals surface area contributed by atoms with Gasteiger partial charge in [0.1, 0.15) is 17.5 Å². The topological polar surface area (TPSA) is 12.0 Å². The highest BCUT2D eigenvalue weighted by atomic mass is 19.1. The molecule has 0 aliphatic carbocycles. The van der Waals surface area contributed by atoms with Gasteiger partial charge >= 0.3 is 0 Å². The molecular formula is C17H16F3N. The molecule has 4 heteroatoms. The SMILES string of the molecule is Fc1cc(F)cc(-c2cc(F)cc(C3CCNCC3)c2)c1. The summed E-state index contributed by atoms with van der Waals surface area (Å²) in [6.07, 6.45) is 1.89. The van der Waals surface area contributed by atoms with E-state index in [1.807, 2.05) is 6.07 Å². The first-order valence-corrected chi connectivity index (χ1v) is 7.09. The molecule has 0 spiro atoms. The zero-order chi connectivity index (χ0) is 14.8. The molecule has 1 heterocycles. The van der Waals surface area contributed by atoms with Gasteiger partial charge in [-0.25, -0.2) is 13.2 Å². The fourth-order valence-corrected chi connectivity index (χ4v) is 2.89. The van der Waals surface area contributed by atoms with Crippen molar-refractivity contribution < 1.29 is 13.2 Å². The van der Waals surface area contributed by atoms with Gasteiger partial charge in [-0.05, 0) is 72.8 Å². The summed E-state index contributed by atoms with van der Waals surface area (Å²) in [7, 11) is 0. The average molecular weight is 291 g/mol. The second kappa shape index (κ2) is 5.90. The van der Waals surface area contributed by atoms with Gasteiger partial charge in [-0.15, -0.1) is 0 Å². The van der Waals surface area contributed by atoms with Crippen LogP contribution >= 0.6 is 0 Å². The van der Waals surface area contributed by atoms with Gasteiger partial charge in [-0.2, -0.15) is 0 Å². The van der Waals surface area contributed by atoms with Crippen molar-refractivity contribution in [3.05, 3.63) is 59.4 Å². The number of nitrogens with one attached hydrogen (secondary N) is 1. The molecule has 1 nitrogen and oxygen atoms in total. The van der Waals surface area contributed by atoms with Gasteiger partial charge in [-0.3, -0.25) is 0 Å². The first-order chi connectivity index (χ1) is 10.1. The van der Waals surface area contributed by atoms with E-state index in [0.717, 1.165) is 37.6 Å². The van der Waals surface area contributed by atoms with Crippen molar-refractivity contribution >= 4 is 0 Å². The molecule has 2 aromatic carbocycles. The lowest BCUT2D eigenvalue weighted by molar-refractivity contribution is 0.458. The smallest absolute Gasteiger partial charge is 0.126 e. The maximum absolute atomic E-state index is 13.9. The Bertz CT molecular complexity index is 628. The van der Waals surface area contributed by atoms with Crippen LogP contribution in [0.4, 0.5) is 13.2 Å². The minimum absolute atomic E-state index is 0.291. The molecule has 0 radical (unpaired) electrons. The van der Waals surface area contributed by atoms with Crippen molar-refractivity contribution in [1.29, 1.82) is 0 Å². The van der Waals surface area contributed by atoms with E-state index >= 15 is 0 Å². The second-order valence-electron chi connectivity index (χ2n) is 5.46. The van der Waals surface area contributed by atoms with Gasteiger partial charge < -0.3 is 5.32 Å².